The van der Waals surface area contributed by atoms with Crippen molar-refractivity contribution in [3.05, 3.63) is 24.3 Å². The van der Waals surface area contributed by atoms with Gasteiger partial charge in [0.15, 0.2) is 0 Å². The molecule has 0 aliphatic heterocycles. The molecule has 0 aromatic rings. The van der Waals surface area contributed by atoms with E-state index in [2.05, 4.69) is 38.2 Å². The predicted octanol–water partition coefficient (Wildman–Crippen LogP) is 14.1. The Morgan fingerprint density at radius 2 is 0.721 bits per heavy atom. The molecule has 0 aromatic heterocycles. The first kappa shape index (κ1) is 59.5. The quantitative estimate of drug-likeness (QED) is 0.0233. The van der Waals surface area contributed by atoms with Crippen molar-refractivity contribution in [2.45, 2.75) is 257 Å². The minimum absolute atomic E-state index is 0.178. The van der Waals surface area contributed by atoms with Gasteiger partial charge in [0.05, 0.1) is 26.4 Å². The molecule has 0 saturated heterocycles. The van der Waals surface area contributed by atoms with Crippen molar-refractivity contribution >= 4 is 19.8 Å². The Labute approximate surface area is 374 Å². The molecule has 3 atom stereocenters. The van der Waals surface area contributed by atoms with Gasteiger partial charge in [-0.05, 0) is 44.9 Å². The van der Waals surface area contributed by atoms with Gasteiger partial charge in [0.1, 0.15) is 12.2 Å². The van der Waals surface area contributed by atoms with Crippen molar-refractivity contribution in [1.82, 2.24) is 0 Å². The van der Waals surface area contributed by atoms with Crippen LogP contribution < -0.4 is 0 Å². The van der Waals surface area contributed by atoms with Crippen molar-refractivity contribution in [2.75, 3.05) is 26.4 Å². The highest BCUT2D eigenvalue weighted by Crippen LogP contribution is 2.43. The molecule has 360 valence electrons. The van der Waals surface area contributed by atoms with Gasteiger partial charge in [-0.2, -0.15) is 0 Å². The number of phosphoric acid groups is 1. The Morgan fingerprint density at radius 1 is 0.443 bits per heavy atom. The minimum Gasteiger partial charge on any atom is -0.457 e. The average Bonchev–Trinajstić information content (AvgIpc) is 3.25. The largest absolute Gasteiger partial charge is 0.472 e. The van der Waals surface area contributed by atoms with Gasteiger partial charge >= 0.3 is 19.8 Å². The third-order valence-corrected chi connectivity index (χ3v) is 12.1. The zero-order valence-electron chi connectivity index (χ0n) is 39.4. The molecular formula is C50H95O10P. The van der Waals surface area contributed by atoms with Crippen molar-refractivity contribution in [1.29, 1.82) is 0 Å². The van der Waals surface area contributed by atoms with Crippen molar-refractivity contribution in [3.63, 3.8) is 0 Å². The first-order chi connectivity index (χ1) is 29.8. The molecule has 0 rings (SSSR count). The number of unbranched alkanes of at least 4 members (excludes halogenated alkanes) is 30. The first-order valence-electron chi connectivity index (χ1n) is 25.3. The monoisotopic (exact) mass is 887 g/mol. The maximum absolute atomic E-state index is 12.4. The van der Waals surface area contributed by atoms with Crippen LogP contribution in [0.1, 0.15) is 245 Å². The molecule has 0 aromatic carbocycles. The summed E-state index contributed by atoms with van der Waals surface area (Å²) in [5.41, 5.74) is 0. The number of phosphoric ester groups is 1. The number of hydrogen-bond acceptors (Lipinski definition) is 9. The molecule has 0 heterocycles. The Hall–Kier alpha value is -1.55. The number of carbonyl (C=O) groups excluding carboxylic acids is 2. The van der Waals surface area contributed by atoms with Crippen LogP contribution in [0.3, 0.4) is 0 Å². The summed E-state index contributed by atoms with van der Waals surface area (Å²) < 4.78 is 32.7. The normalized spacial score (nSPS) is 13.9. The second kappa shape index (κ2) is 46.4. The van der Waals surface area contributed by atoms with E-state index in [1.807, 2.05) is 0 Å². The zero-order chi connectivity index (χ0) is 44.8. The molecule has 0 amide bonds. The van der Waals surface area contributed by atoms with Gasteiger partial charge in [-0.1, -0.05) is 212 Å². The lowest BCUT2D eigenvalue weighted by molar-refractivity contribution is -0.153. The van der Waals surface area contributed by atoms with Gasteiger partial charge in [-0.25, -0.2) is 4.57 Å². The Morgan fingerprint density at radius 3 is 1.03 bits per heavy atom. The fraction of sp³-hybridized carbons (Fsp3) is 0.880. The fourth-order valence-corrected chi connectivity index (χ4v) is 8.05. The van der Waals surface area contributed by atoms with Crippen LogP contribution in [0.25, 0.3) is 0 Å². The smallest absolute Gasteiger partial charge is 0.457 e. The highest BCUT2D eigenvalue weighted by molar-refractivity contribution is 7.47. The molecule has 0 aliphatic rings. The maximum atomic E-state index is 12.4. The van der Waals surface area contributed by atoms with E-state index in [1.54, 1.807) is 0 Å². The standard InChI is InChI=1S/C50H95O10P/c1-3-5-7-9-11-13-15-17-19-21-22-23-24-25-26-28-30-32-34-36-38-40-42-50(54)60-48(44-52)46-58-61(55,56)57-45-47(43-51)59-49(53)41-39-37-35-33-31-29-27-20-18-16-14-12-10-8-6-4-2/h14,16,20,27,47-48,51-52H,3-13,15,17-19,21-26,28-46H2,1-2H3,(H,55,56)/b16-14-,27-20-. The highest BCUT2D eigenvalue weighted by Gasteiger charge is 2.27. The summed E-state index contributed by atoms with van der Waals surface area (Å²) in [6, 6.07) is 0. The van der Waals surface area contributed by atoms with Gasteiger partial charge in [-0.3, -0.25) is 18.6 Å². The molecule has 0 radical (unpaired) electrons. The van der Waals surface area contributed by atoms with Gasteiger partial charge in [0.25, 0.3) is 0 Å². The summed E-state index contributed by atoms with van der Waals surface area (Å²) in [4.78, 5) is 34.6. The summed E-state index contributed by atoms with van der Waals surface area (Å²) >= 11 is 0. The Balaban J connectivity index is 3.82. The van der Waals surface area contributed by atoms with Gasteiger partial charge < -0.3 is 24.6 Å². The zero-order valence-corrected chi connectivity index (χ0v) is 40.3. The average molecular weight is 887 g/mol. The second-order valence-corrected chi connectivity index (χ2v) is 18.6. The lowest BCUT2D eigenvalue weighted by Gasteiger charge is -2.20. The molecule has 3 unspecified atom stereocenters. The summed E-state index contributed by atoms with van der Waals surface area (Å²) in [6.45, 7) is 2.22. The third-order valence-electron chi connectivity index (χ3n) is 11.2. The lowest BCUT2D eigenvalue weighted by Crippen LogP contribution is -2.28. The number of aliphatic hydroxyl groups excluding tert-OH is 2. The summed E-state index contributed by atoms with van der Waals surface area (Å²) in [6.07, 6.45) is 48.7. The van der Waals surface area contributed by atoms with Crippen molar-refractivity contribution < 1.29 is 47.8 Å². The summed E-state index contributed by atoms with van der Waals surface area (Å²) in [5, 5.41) is 19.2. The van der Waals surface area contributed by atoms with Crippen LogP contribution in [-0.4, -0.2) is 65.7 Å². The first-order valence-corrected chi connectivity index (χ1v) is 26.8. The second-order valence-electron chi connectivity index (χ2n) is 17.2. The van der Waals surface area contributed by atoms with Crippen LogP contribution >= 0.6 is 7.82 Å². The molecule has 10 nitrogen and oxygen atoms in total. The van der Waals surface area contributed by atoms with Crippen LogP contribution in [0, 0.1) is 0 Å². The number of aliphatic hydroxyl groups is 2. The number of carbonyl (C=O) groups is 2. The lowest BCUT2D eigenvalue weighted by atomic mass is 10.0. The molecule has 0 fully saturated rings. The van der Waals surface area contributed by atoms with Crippen LogP contribution in [0.15, 0.2) is 24.3 Å². The number of ether oxygens (including phenoxy) is 2. The maximum Gasteiger partial charge on any atom is 0.472 e. The molecule has 61 heavy (non-hydrogen) atoms. The van der Waals surface area contributed by atoms with Crippen LogP contribution in [-0.2, 0) is 32.7 Å². The van der Waals surface area contributed by atoms with E-state index in [0.29, 0.717) is 12.8 Å². The van der Waals surface area contributed by atoms with Gasteiger partial charge in [0, 0.05) is 12.8 Å². The molecule has 0 aliphatic carbocycles. The van der Waals surface area contributed by atoms with E-state index in [9.17, 15) is 29.3 Å². The van der Waals surface area contributed by atoms with E-state index in [-0.39, 0.29) is 12.8 Å². The summed E-state index contributed by atoms with van der Waals surface area (Å²) in [5.74, 6) is -1.02. The molecule has 3 N–H and O–H groups in total. The molecule has 0 bridgehead atoms. The topological polar surface area (TPSA) is 149 Å². The number of esters is 2. The van der Waals surface area contributed by atoms with Crippen LogP contribution in [0.2, 0.25) is 0 Å². The molecule has 0 saturated carbocycles. The highest BCUT2D eigenvalue weighted by atomic mass is 31.2. The van der Waals surface area contributed by atoms with E-state index in [1.165, 1.54) is 148 Å². The van der Waals surface area contributed by atoms with Crippen molar-refractivity contribution in [3.8, 4) is 0 Å². The molecule has 11 heteroatoms. The SMILES string of the molecule is CCCCCC/C=C\C/C=C\CCCCCCCC(=O)OC(CO)COP(=O)(O)OCC(CO)OC(=O)CCCCCCCCCCCCCCCCCCCCCCCC. The number of rotatable bonds is 48. The van der Waals surface area contributed by atoms with E-state index in [4.69, 9.17) is 18.5 Å². The fourth-order valence-electron chi connectivity index (χ4n) is 7.27. The Bertz CT molecular complexity index is 1070. The van der Waals surface area contributed by atoms with Crippen molar-refractivity contribution in [2.24, 2.45) is 0 Å². The van der Waals surface area contributed by atoms with E-state index >= 15 is 0 Å². The number of hydrogen-bond donors (Lipinski definition) is 3. The van der Waals surface area contributed by atoms with Gasteiger partial charge in [-0.15, -0.1) is 0 Å². The van der Waals surface area contributed by atoms with Crippen LogP contribution in [0.4, 0.5) is 0 Å². The molecule has 0 spiro atoms. The predicted molar refractivity (Wildman–Crippen MR) is 252 cm³/mol. The van der Waals surface area contributed by atoms with E-state index in [0.717, 1.165) is 57.8 Å². The third kappa shape index (κ3) is 44.8. The minimum atomic E-state index is -4.64. The summed E-state index contributed by atoms with van der Waals surface area (Å²) in [7, 11) is -4.64. The van der Waals surface area contributed by atoms with E-state index < -0.39 is 58.4 Å². The van der Waals surface area contributed by atoms with Gasteiger partial charge in [0.2, 0.25) is 0 Å². The molecular weight excluding hydrogens is 792 g/mol. The Kier molecular flexibility index (Phi) is 45.3. The number of allylic oxidation sites excluding steroid dienone is 4. The van der Waals surface area contributed by atoms with Crippen LogP contribution in [0.5, 0.6) is 0 Å².